The molecular weight excluding hydrogens is 580 g/mol. The second-order valence-corrected chi connectivity index (χ2v) is 13.0. The van der Waals surface area contributed by atoms with E-state index in [0.29, 0.717) is 18.5 Å². The van der Waals surface area contributed by atoms with Crippen molar-refractivity contribution in [1.82, 2.24) is 9.89 Å². The molecule has 5 heterocycles. The molecule has 0 atom stereocenters. The van der Waals surface area contributed by atoms with Gasteiger partial charge in [0.1, 0.15) is 24.6 Å². The van der Waals surface area contributed by atoms with Crippen LogP contribution in [0.5, 0.6) is 11.5 Å². The minimum absolute atomic E-state index is 0.0171. The molecule has 0 spiro atoms. The van der Waals surface area contributed by atoms with Crippen LogP contribution < -0.4 is 35.2 Å². The number of amides is 1. The highest BCUT2D eigenvalue weighted by Gasteiger charge is 2.36. The number of hydrogen-bond donors (Lipinski definition) is 1. The number of fused-ring (bicyclic) bond motifs is 4. The second-order valence-electron chi connectivity index (χ2n) is 13.0. The van der Waals surface area contributed by atoms with Gasteiger partial charge in [0.25, 0.3) is 5.91 Å². The molecule has 10 heteroatoms. The van der Waals surface area contributed by atoms with E-state index in [2.05, 4.69) is 37.0 Å². The third-order valence-corrected chi connectivity index (χ3v) is 10.2. The SMILES string of the molecule is [N-]=[N+]=NCCCNC(=O)c1ccc(C2=c3cc4c5c(c3Oc3c2cc2c6c3CCCN6CCC2)CCC[N+]=5CCC4)c(C(=O)[O-])c1. The van der Waals surface area contributed by atoms with Crippen molar-refractivity contribution in [2.45, 2.75) is 57.8 Å². The number of benzene rings is 3. The summed E-state index contributed by atoms with van der Waals surface area (Å²) in [5.74, 6) is -0.0118. The van der Waals surface area contributed by atoms with Crippen LogP contribution in [0, 0.1) is 0 Å². The largest absolute Gasteiger partial charge is 0.545 e. The van der Waals surface area contributed by atoms with Crippen LogP contribution in [0.4, 0.5) is 5.69 Å². The van der Waals surface area contributed by atoms with Gasteiger partial charge < -0.3 is 24.9 Å². The van der Waals surface area contributed by atoms with E-state index in [1.54, 1.807) is 12.1 Å². The number of rotatable bonds is 7. The number of carboxylic acids is 1. The lowest BCUT2D eigenvalue weighted by molar-refractivity contribution is -0.255. The quantitative estimate of drug-likeness (QED) is 0.112. The van der Waals surface area contributed by atoms with E-state index in [9.17, 15) is 14.7 Å². The Labute approximate surface area is 266 Å². The van der Waals surface area contributed by atoms with Crippen LogP contribution in [0.1, 0.15) is 86.2 Å². The first-order chi connectivity index (χ1) is 22.5. The average Bonchev–Trinajstić information content (AvgIpc) is 3.08. The molecule has 0 saturated heterocycles. The van der Waals surface area contributed by atoms with Crippen LogP contribution in [0.2, 0.25) is 0 Å². The third kappa shape index (κ3) is 4.62. The zero-order valence-corrected chi connectivity index (χ0v) is 25.9. The summed E-state index contributed by atoms with van der Waals surface area (Å²) in [6.45, 7) is 4.76. The summed E-state index contributed by atoms with van der Waals surface area (Å²) in [5.41, 5.74) is 17.4. The van der Waals surface area contributed by atoms with Crippen molar-refractivity contribution in [3.63, 3.8) is 0 Å². The van der Waals surface area contributed by atoms with Crippen molar-refractivity contribution in [3.05, 3.63) is 95.9 Å². The van der Waals surface area contributed by atoms with Gasteiger partial charge in [0, 0.05) is 88.2 Å². The summed E-state index contributed by atoms with van der Waals surface area (Å²) in [6.07, 6.45) is 8.55. The summed E-state index contributed by atoms with van der Waals surface area (Å²) >= 11 is 0. The van der Waals surface area contributed by atoms with E-state index in [-0.39, 0.29) is 23.6 Å². The molecule has 0 unspecified atom stereocenters. The Morgan fingerprint density at radius 1 is 0.957 bits per heavy atom. The fourth-order valence-electron chi connectivity index (χ4n) is 8.37. The third-order valence-electron chi connectivity index (χ3n) is 10.2. The summed E-state index contributed by atoms with van der Waals surface area (Å²) in [4.78, 5) is 31.1. The Hall–Kier alpha value is -4.82. The maximum absolute atomic E-state index is 13.0. The lowest BCUT2D eigenvalue weighted by Crippen LogP contribution is -2.45. The van der Waals surface area contributed by atoms with Crippen molar-refractivity contribution in [1.29, 1.82) is 0 Å². The molecule has 8 rings (SSSR count). The van der Waals surface area contributed by atoms with Gasteiger partial charge in [-0.2, -0.15) is 0 Å². The van der Waals surface area contributed by atoms with Gasteiger partial charge in [0.15, 0.2) is 0 Å². The number of azide groups is 1. The predicted octanol–water partition coefficient (Wildman–Crippen LogP) is 2.92. The smallest absolute Gasteiger partial charge is 0.251 e. The molecule has 0 saturated carbocycles. The van der Waals surface area contributed by atoms with Crippen LogP contribution in [0.15, 0.2) is 35.4 Å². The Morgan fingerprint density at radius 3 is 2.57 bits per heavy atom. The first-order valence-electron chi connectivity index (χ1n) is 16.6. The number of hydrogen-bond acceptors (Lipinski definition) is 6. The van der Waals surface area contributed by atoms with Crippen molar-refractivity contribution in [3.8, 4) is 11.5 Å². The molecule has 0 fully saturated rings. The van der Waals surface area contributed by atoms with Crippen molar-refractivity contribution >= 4 is 23.1 Å². The van der Waals surface area contributed by atoms with Crippen LogP contribution in [0.25, 0.3) is 16.0 Å². The maximum atomic E-state index is 13.0. The predicted molar refractivity (Wildman–Crippen MR) is 172 cm³/mol. The normalized spacial score (nSPS) is 17.1. The minimum atomic E-state index is -1.33. The number of nitrogens with zero attached hydrogens (tertiary/aromatic N) is 5. The first kappa shape index (κ1) is 28.6. The van der Waals surface area contributed by atoms with Gasteiger partial charge >= 0.3 is 0 Å². The number of carbonyl (C=O) groups excluding carboxylic acids is 2. The molecular formula is C36H36N6O4. The van der Waals surface area contributed by atoms with Crippen LogP contribution in [-0.4, -0.2) is 51.1 Å². The van der Waals surface area contributed by atoms with E-state index in [1.165, 1.54) is 39.4 Å². The summed E-state index contributed by atoms with van der Waals surface area (Å²) < 4.78 is 9.57. The highest BCUT2D eigenvalue weighted by atomic mass is 16.5. The first-order valence-corrected chi connectivity index (χ1v) is 16.6. The van der Waals surface area contributed by atoms with Gasteiger partial charge in [-0.3, -0.25) is 4.79 Å². The molecule has 0 aliphatic carbocycles. The van der Waals surface area contributed by atoms with Crippen molar-refractivity contribution in [2.75, 3.05) is 44.2 Å². The number of ether oxygens (including phenoxy) is 1. The molecule has 1 amide bonds. The number of aromatic carboxylic acids is 1. The summed E-state index contributed by atoms with van der Waals surface area (Å²) in [6, 6.07) is 9.38. The molecule has 1 N–H and O–H groups in total. The summed E-state index contributed by atoms with van der Waals surface area (Å²) in [5, 5.41) is 21.4. The van der Waals surface area contributed by atoms with E-state index >= 15 is 0 Å². The zero-order chi connectivity index (χ0) is 31.4. The molecule has 0 bridgehead atoms. The topological polar surface area (TPSA) is 133 Å². The maximum Gasteiger partial charge on any atom is 0.251 e. The molecule has 3 aromatic carbocycles. The van der Waals surface area contributed by atoms with Crippen LogP contribution >= 0.6 is 0 Å². The van der Waals surface area contributed by atoms with E-state index < -0.39 is 5.97 Å². The Bertz CT molecular complexity index is 2010. The highest BCUT2D eigenvalue weighted by molar-refractivity contribution is 6.02. The highest BCUT2D eigenvalue weighted by Crippen LogP contribution is 2.48. The van der Waals surface area contributed by atoms with Gasteiger partial charge in [-0.05, 0) is 85.9 Å². The molecule has 5 aliphatic heterocycles. The molecule has 234 valence electrons. The molecule has 10 nitrogen and oxygen atoms in total. The van der Waals surface area contributed by atoms with E-state index in [4.69, 9.17) is 10.3 Å². The lowest BCUT2D eigenvalue weighted by atomic mass is 9.81. The van der Waals surface area contributed by atoms with Crippen LogP contribution in [-0.2, 0) is 25.7 Å². The zero-order valence-electron chi connectivity index (χ0n) is 25.9. The monoisotopic (exact) mass is 616 g/mol. The Balaban J connectivity index is 1.37. The van der Waals surface area contributed by atoms with Crippen molar-refractivity contribution < 1.29 is 19.4 Å². The Morgan fingerprint density at radius 2 is 1.74 bits per heavy atom. The molecule has 0 aromatic heterocycles. The number of carbonyl (C=O) groups is 2. The van der Waals surface area contributed by atoms with Gasteiger partial charge in [-0.25, -0.2) is 4.58 Å². The standard InChI is InChI=1S/C36H36N6O4/c37-40-39-13-5-12-38-35(43)23-10-11-24(27(20-23)36(44)45)30-28-18-21-6-1-14-41-16-3-8-25(31(21)41)33(28)46-34-26-9-4-17-42-15-2-7-22(32(26)42)19-29(30)34/h10-11,18-20H,1-9,12-17H2,(H-,38,43,44,45). The Kier molecular flexibility index (Phi) is 7.17. The molecule has 46 heavy (non-hydrogen) atoms. The second kappa shape index (κ2) is 11.5. The number of nitrogens with one attached hydrogen (secondary N) is 1. The lowest BCUT2D eigenvalue weighted by Gasteiger charge is -2.39. The molecule has 3 aromatic rings. The summed E-state index contributed by atoms with van der Waals surface area (Å²) in [7, 11) is 0. The number of anilines is 1. The molecule has 5 aliphatic rings. The van der Waals surface area contributed by atoms with E-state index in [0.717, 1.165) is 105 Å². The van der Waals surface area contributed by atoms with Gasteiger partial charge in [-0.1, -0.05) is 11.2 Å². The van der Waals surface area contributed by atoms with Gasteiger partial charge in [0.05, 0.1) is 11.5 Å². The van der Waals surface area contributed by atoms with Gasteiger partial charge in [-0.15, -0.1) is 0 Å². The molecule has 0 radical (unpaired) electrons. The fourth-order valence-corrected chi connectivity index (χ4v) is 8.37. The van der Waals surface area contributed by atoms with Crippen molar-refractivity contribution in [2.24, 2.45) is 5.11 Å². The number of carboxylic acid groups (broad SMARTS) is 1. The van der Waals surface area contributed by atoms with Gasteiger partial charge in [0.2, 0.25) is 5.36 Å². The fraction of sp³-hybridized carbons (Fsp3) is 0.417. The minimum Gasteiger partial charge on any atom is -0.545 e. The van der Waals surface area contributed by atoms with E-state index in [1.807, 2.05) is 0 Å². The number of aryl methyl sites for hydroxylation is 2. The van der Waals surface area contributed by atoms with Crippen LogP contribution in [0.3, 0.4) is 0 Å². The average molecular weight is 617 g/mol.